The second-order valence-corrected chi connectivity index (χ2v) is 3.69. The van der Waals surface area contributed by atoms with E-state index in [4.69, 9.17) is 11.5 Å². The fraction of sp³-hybridized carbons (Fsp3) is 0.250. The summed E-state index contributed by atoms with van der Waals surface area (Å²) in [6, 6.07) is 5.90. The number of hydrogen-bond donors (Lipinski definition) is 3. The van der Waals surface area contributed by atoms with Crippen LogP contribution in [0.4, 0.5) is 11.4 Å². The summed E-state index contributed by atoms with van der Waals surface area (Å²) in [6.07, 6.45) is 0. The minimum atomic E-state index is 0.616. The number of benzene rings is 1. The first kappa shape index (κ1) is 9.60. The smallest absolute Gasteiger partial charge is 0.0575 e. The predicted octanol–water partition coefficient (Wildman–Crippen LogP) is 1.24. The Morgan fingerprint density at radius 1 is 1.42 bits per heavy atom. The Balaban J connectivity index is 2.72. The molecule has 0 radical (unpaired) electrons. The maximum absolute atomic E-state index is 5.75. The number of rotatable bonds is 3. The van der Waals surface area contributed by atoms with Crippen molar-refractivity contribution in [3.05, 3.63) is 21.8 Å². The van der Waals surface area contributed by atoms with E-state index in [0.717, 1.165) is 21.5 Å². The summed E-state index contributed by atoms with van der Waals surface area (Å²) in [5.41, 5.74) is 12.8. The Bertz CT molecular complexity index is 262. The molecule has 0 aromatic heterocycles. The van der Waals surface area contributed by atoms with Crippen LogP contribution in [0.3, 0.4) is 0 Å². The van der Waals surface area contributed by atoms with Gasteiger partial charge in [0.25, 0.3) is 0 Å². The van der Waals surface area contributed by atoms with E-state index in [-0.39, 0.29) is 0 Å². The first-order valence-electron chi connectivity index (χ1n) is 3.73. The van der Waals surface area contributed by atoms with Gasteiger partial charge in [0.2, 0.25) is 0 Å². The molecule has 0 aliphatic carbocycles. The molecule has 0 unspecified atom stereocenters. The van der Waals surface area contributed by atoms with E-state index in [1.807, 2.05) is 18.2 Å². The third kappa shape index (κ3) is 2.53. The van der Waals surface area contributed by atoms with Crippen LogP contribution in [0, 0.1) is 3.57 Å². The van der Waals surface area contributed by atoms with E-state index < -0.39 is 0 Å². The van der Waals surface area contributed by atoms with Crippen molar-refractivity contribution in [2.75, 3.05) is 24.1 Å². The van der Waals surface area contributed by atoms with E-state index in [1.54, 1.807) is 0 Å². The van der Waals surface area contributed by atoms with Crippen molar-refractivity contribution in [1.82, 2.24) is 0 Å². The molecule has 4 heteroatoms. The Morgan fingerprint density at radius 2 is 2.17 bits per heavy atom. The van der Waals surface area contributed by atoms with Crippen LogP contribution in [0.25, 0.3) is 0 Å². The summed E-state index contributed by atoms with van der Waals surface area (Å²) in [7, 11) is 0. The summed E-state index contributed by atoms with van der Waals surface area (Å²) in [5.74, 6) is 0. The first-order valence-corrected chi connectivity index (χ1v) is 4.81. The Morgan fingerprint density at radius 3 is 2.75 bits per heavy atom. The fourth-order valence-corrected chi connectivity index (χ4v) is 1.42. The third-order valence-electron chi connectivity index (χ3n) is 1.47. The van der Waals surface area contributed by atoms with E-state index in [1.165, 1.54) is 0 Å². The van der Waals surface area contributed by atoms with Gasteiger partial charge in [0, 0.05) is 16.7 Å². The molecular formula is C8H12IN3. The molecular weight excluding hydrogens is 265 g/mol. The highest BCUT2D eigenvalue weighted by Crippen LogP contribution is 2.20. The largest absolute Gasteiger partial charge is 0.397 e. The van der Waals surface area contributed by atoms with E-state index in [9.17, 15) is 0 Å². The molecule has 0 saturated carbocycles. The molecule has 1 aromatic carbocycles. The van der Waals surface area contributed by atoms with E-state index in [0.29, 0.717) is 6.54 Å². The summed E-state index contributed by atoms with van der Waals surface area (Å²) < 4.78 is 1.14. The summed E-state index contributed by atoms with van der Waals surface area (Å²) in [6.45, 7) is 1.37. The van der Waals surface area contributed by atoms with Crippen LogP contribution in [0.15, 0.2) is 18.2 Å². The molecule has 1 rings (SSSR count). The number of anilines is 2. The molecule has 0 heterocycles. The average molecular weight is 277 g/mol. The number of nitrogens with two attached hydrogens (primary N) is 2. The third-order valence-corrected chi connectivity index (χ3v) is 2.14. The molecule has 0 bridgehead atoms. The SMILES string of the molecule is NCCNc1ccc(I)cc1N. The average Bonchev–Trinajstić information content (AvgIpc) is 2.03. The van der Waals surface area contributed by atoms with Crippen LogP contribution in [0.2, 0.25) is 0 Å². The number of halogens is 1. The normalized spacial score (nSPS) is 9.83. The second kappa shape index (κ2) is 4.51. The van der Waals surface area contributed by atoms with Crippen LogP contribution < -0.4 is 16.8 Å². The molecule has 0 fully saturated rings. The van der Waals surface area contributed by atoms with Crippen molar-refractivity contribution >= 4 is 34.0 Å². The topological polar surface area (TPSA) is 64.1 Å². The lowest BCUT2D eigenvalue weighted by molar-refractivity contribution is 1.02. The summed E-state index contributed by atoms with van der Waals surface area (Å²) in [4.78, 5) is 0. The van der Waals surface area contributed by atoms with Gasteiger partial charge in [-0.05, 0) is 40.8 Å². The van der Waals surface area contributed by atoms with Crippen molar-refractivity contribution in [2.45, 2.75) is 0 Å². The first-order chi connectivity index (χ1) is 5.74. The molecule has 66 valence electrons. The van der Waals surface area contributed by atoms with Gasteiger partial charge >= 0.3 is 0 Å². The van der Waals surface area contributed by atoms with Crippen LogP contribution in [-0.4, -0.2) is 13.1 Å². The van der Waals surface area contributed by atoms with Gasteiger partial charge in [-0.2, -0.15) is 0 Å². The van der Waals surface area contributed by atoms with Gasteiger partial charge in [0.1, 0.15) is 0 Å². The molecule has 5 N–H and O–H groups in total. The van der Waals surface area contributed by atoms with Crippen molar-refractivity contribution in [1.29, 1.82) is 0 Å². The molecule has 0 amide bonds. The molecule has 0 atom stereocenters. The summed E-state index contributed by atoms with van der Waals surface area (Å²) in [5, 5.41) is 3.14. The quantitative estimate of drug-likeness (QED) is 0.575. The molecule has 0 aliphatic rings. The molecule has 0 aliphatic heterocycles. The Hall–Kier alpha value is -0.490. The van der Waals surface area contributed by atoms with Crippen molar-refractivity contribution in [3.8, 4) is 0 Å². The minimum Gasteiger partial charge on any atom is -0.397 e. The fourth-order valence-electron chi connectivity index (χ4n) is 0.901. The molecule has 3 nitrogen and oxygen atoms in total. The Kier molecular flexibility index (Phi) is 3.61. The molecule has 0 spiro atoms. The molecule has 0 saturated heterocycles. The van der Waals surface area contributed by atoms with Gasteiger partial charge < -0.3 is 16.8 Å². The minimum absolute atomic E-state index is 0.616. The van der Waals surface area contributed by atoms with Crippen molar-refractivity contribution < 1.29 is 0 Å². The number of nitrogens with one attached hydrogen (secondary N) is 1. The van der Waals surface area contributed by atoms with Gasteiger partial charge in [0.05, 0.1) is 11.4 Å². The van der Waals surface area contributed by atoms with Crippen molar-refractivity contribution in [2.24, 2.45) is 5.73 Å². The van der Waals surface area contributed by atoms with Crippen LogP contribution in [0.5, 0.6) is 0 Å². The van der Waals surface area contributed by atoms with Gasteiger partial charge in [-0.15, -0.1) is 0 Å². The maximum atomic E-state index is 5.75. The highest BCUT2D eigenvalue weighted by atomic mass is 127. The zero-order chi connectivity index (χ0) is 8.97. The highest BCUT2D eigenvalue weighted by molar-refractivity contribution is 14.1. The van der Waals surface area contributed by atoms with Gasteiger partial charge in [-0.1, -0.05) is 0 Å². The Labute approximate surface area is 85.7 Å². The second-order valence-electron chi connectivity index (χ2n) is 2.45. The van der Waals surface area contributed by atoms with E-state index >= 15 is 0 Å². The van der Waals surface area contributed by atoms with E-state index in [2.05, 4.69) is 27.9 Å². The predicted molar refractivity (Wildman–Crippen MR) is 61.1 cm³/mol. The standard InChI is InChI=1S/C8H12IN3/c9-6-1-2-8(7(11)5-6)12-4-3-10/h1-2,5,12H,3-4,10-11H2. The zero-order valence-electron chi connectivity index (χ0n) is 6.68. The number of hydrogen-bond acceptors (Lipinski definition) is 3. The number of nitrogen functional groups attached to an aromatic ring is 1. The highest BCUT2D eigenvalue weighted by Gasteiger charge is 1.96. The molecule has 1 aromatic rings. The lowest BCUT2D eigenvalue weighted by Crippen LogP contribution is -2.13. The monoisotopic (exact) mass is 277 g/mol. The van der Waals surface area contributed by atoms with Gasteiger partial charge in [-0.25, -0.2) is 0 Å². The van der Waals surface area contributed by atoms with Gasteiger partial charge in [0.15, 0.2) is 0 Å². The lowest BCUT2D eigenvalue weighted by Gasteiger charge is -2.07. The van der Waals surface area contributed by atoms with Gasteiger partial charge in [-0.3, -0.25) is 0 Å². The van der Waals surface area contributed by atoms with Crippen LogP contribution in [0.1, 0.15) is 0 Å². The molecule has 12 heavy (non-hydrogen) atoms. The maximum Gasteiger partial charge on any atom is 0.0575 e. The lowest BCUT2D eigenvalue weighted by atomic mass is 10.3. The van der Waals surface area contributed by atoms with Crippen LogP contribution in [-0.2, 0) is 0 Å². The zero-order valence-corrected chi connectivity index (χ0v) is 8.84. The van der Waals surface area contributed by atoms with Crippen molar-refractivity contribution in [3.63, 3.8) is 0 Å². The van der Waals surface area contributed by atoms with Crippen LogP contribution >= 0.6 is 22.6 Å². The summed E-state index contributed by atoms with van der Waals surface area (Å²) >= 11 is 2.23.